The van der Waals surface area contributed by atoms with Gasteiger partial charge in [-0.3, -0.25) is 19.1 Å². The molecule has 2 heterocycles. The SMILES string of the molecule is Cc1cn([C@H]2C[C@H](OC(C)(C)C(C)C)[C@@](C=O)(CO[SiH3])O2)c(=O)[nH]c1=O. The molecule has 1 aromatic heterocycles. The van der Waals surface area contributed by atoms with Crippen molar-refractivity contribution >= 4 is 16.8 Å². The lowest BCUT2D eigenvalue weighted by atomic mass is 9.92. The first-order valence-electron chi connectivity index (χ1n) is 8.69. The van der Waals surface area contributed by atoms with Crippen LogP contribution in [0.2, 0.25) is 0 Å². The molecule has 0 saturated carbocycles. The monoisotopic (exact) mass is 384 g/mol. The molecule has 0 unspecified atom stereocenters. The second kappa shape index (κ2) is 7.59. The Morgan fingerprint density at radius 2 is 2.15 bits per heavy atom. The zero-order valence-electron chi connectivity index (χ0n) is 16.2. The zero-order chi connectivity index (χ0) is 19.7. The predicted octanol–water partition coefficient (Wildman–Crippen LogP) is -0.182. The molecule has 3 atom stereocenters. The molecule has 1 fully saturated rings. The third-order valence-corrected chi connectivity index (χ3v) is 5.47. The Balaban J connectivity index is 2.42. The molecule has 1 aliphatic rings. The highest BCUT2D eigenvalue weighted by Gasteiger charge is 2.52. The van der Waals surface area contributed by atoms with E-state index in [1.165, 1.54) is 10.8 Å². The lowest BCUT2D eigenvalue weighted by molar-refractivity contribution is -0.176. The van der Waals surface area contributed by atoms with Gasteiger partial charge in [0, 0.05) is 18.2 Å². The molecule has 1 aliphatic heterocycles. The maximum absolute atomic E-state index is 12.2. The van der Waals surface area contributed by atoms with Crippen LogP contribution >= 0.6 is 0 Å². The van der Waals surface area contributed by atoms with Crippen molar-refractivity contribution < 1.29 is 18.7 Å². The summed E-state index contributed by atoms with van der Waals surface area (Å²) >= 11 is 0. The number of nitrogens with zero attached hydrogens (tertiary/aromatic N) is 1. The van der Waals surface area contributed by atoms with Crippen LogP contribution in [0.3, 0.4) is 0 Å². The Labute approximate surface area is 155 Å². The van der Waals surface area contributed by atoms with E-state index < -0.39 is 34.8 Å². The van der Waals surface area contributed by atoms with E-state index in [-0.39, 0.29) is 12.5 Å². The summed E-state index contributed by atoms with van der Waals surface area (Å²) in [5.74, 6) is 0.209. The van der Waals surface area contributed by atoms with Gasteiger partial charge in [0.05, 0.1) is 12.2 Å². The Kier molecular flexibility index (Phi) is 6.06. The highest BCUT2D eigenvalue weighted by molar-refractivity contribution is 5.98. The van der Waals surface area contributed by atoms with Crippen LogP contribution in [0.5, 0.6) is 0 Å². The van der Waals surface area contributed by atoms with Crippen LogP contribution in [0.4, 0.5) is 0 Å². The molecule has 0 spiro atoms. The van der Waals surface area contributed by atoms with Crippen molar-refractivity contribution in [3.05, 3.63) is 32.6 Å². The number of aromatic amines is 1. The average molecular weight is 385 g/mol. The number of carbonyl (C=O) groups is 1. The molecule has 0 radical (unpaired) electrons. The molecule has 1 aromatic rings. The van der Waals surface area contributed by atoms with Crippen molar-refractivity contribution in [3.8, 4) is 0 Å². The minimum Gasteiger partial charge on any atom is -0.424 e. The summed E-state index contributed by atoms with van der Waals surface area (Å²) in [6.45, 7) is 9.66. The van der Waals surface area contributed by atoms with Crippen LogP contribution in [0.15, 0.2) is 15.8 Å². The van der Waals surface area contributed by atoms with Gasteiger partial charge in [-0.25, -0.2) is 4.79 Å². The first kappa shape index (κ1) is 20.8. The molecule has 8 nitrogen and oxygen atoms in total. The second-order valence-corrected chi connectivity index (χ2v) is 8.23. The fraction of sp³-hybridized carbons (Fsp3) is 0.706. The molecule has 1 saturated heterocycles. The Hall–Kier alpha value is -1.55. The minimum atomic E-state index is -1.29. The minimum absolute atomic E-state index is 0.0646. The molecule has 146 valence electrons. The van der Waals surface area contributed by atoms with E-state index in [1.807, 2.05) is 27.7 Å². The van der Waals surface area contributed by atoms with Gasteiger partial charge >= 0.3 is 5.69 Å². The Morgan fingerprint density at radius 3 is 2.69 bits per heavy atom. The van der Waals surface area contributed by atoms with Crippen molar-refractivity contribution in [2.24, 2.45) is 5.92 Å². The second-order valence-electron chi connectivity index (χ2n) is 7.66. The molecular formula is C17H28N2O6Si. The molecular weight excluding hydrogens is 356 g/mol. The summed E-state index contributed by atoms with van der Waals surface area (Å²) in [5, 5.41) is 0. The number of hydrogen-bond donors (Lipinski definition) is 1. The maximum atomic E-state index is 12.2. The first-order chi connectivity index (χ1) is 12.1. The number of aryl methyl sites for hydroxylation is 1. The maximum Gasteiger partial charge on any atom is 0.330 e. The van der Waals surface area contributed by atoms with Gasteiger partial charge in [0.15, 0.2) is 11.9 Å². The van der Waals surface area contributed by atoms with Crippen LogP contribution in [0.25, 0.3) is 0 Å². The predicted molar refractivity (Wildman–Crippen MR) is 99.3 cm³/mol. The van der Waals surface area contributed by atoms with Gasteiger partial charge in [0.25, 0.3) is 5.56 Å². The van der Waals surface area contributed by atoms with E-state index in [0.29, 0.717) is 28.8 Å². The number of hydrogen-bond acceptors (Lipinski definition) is 6. The summed E-state index contributed by atoms with van der Waals surface area (Å²) in [6, 6.07) is 0. The molecule has 0 bridgehead atoms. The molecule has 9 heteroatoms. The molecule has 1 N–H and O–H groups in total. The smallest absolute Gasteiger partial charge is 0.330 e. The van der Waals surface area contributed by atoms with Crippen LogP contribution in [0, 0.1) is 12.8 Å². The highest BCUT2D eigenvalue weighted by Crippen LogP contribution is 2.40. The van der Waals surface area contributed by atoms with Crippen LogP contribution in [-0.4, -0.2) is 50.2 Å². The third kappa shape index (κ3) is 3.90. The van der Waals surface area contributed by atoms with E-state index in [0.717, 1.165) is 0 Å². The number of ether oxygens (including phenoxy) is 2. The summed E-state index contributed by atoms with van der Waals surface area (Å²) in [5.41, 5.74) is -2.42. The van der Waals surface area contributed by atoms with E-state index in [4.69, 9.17) is 13.9 Å². The normalized spacial score (nSPS) is 26.5. The lowest BCUT2D eigenvalue weighted by Crippen LogP contribution is -2.50. The van der Waals surface area contributed by atoms with Gasteiger partial charge in [-0.15, -0.1) is 0 Å². The summed E-state index contributed by atoms with van der Waals surface area (Å²) in [7, 11) is 0.440. The molecule has 26 heavy (non-hydrogen) atoms. The number of aldehydes is 1. The largest absolute Gasteiger partial charge is 0.424 e. The van der Waals surface area contributed by atoms with Gasteiger partial charge in [-0.05, 0) is 26.7 Å². The van der Waals surface area contributed by atoms with E-state index >= 15 is 0 Å². The van der Waals surface area contributed by atoms with E-state index in [9.17, 15) is 14.4 Å². The number of H-pyrrole nitrogens is 1. The van der Waals surface area contributed by atoms with Crippen molar-refractivity contribution in [3.63, 3.8) is 0 Å². The van der Waals surface area contributed by atoms with Gasteiger partial charge in [-0.2, -0.15) is 0 Å². The molecule has 0 amide bonds. The average Bonchev–Trinajstić information content (AvgIpc) is 2.89. The van der Waals surface area contributed by atoms with Gasteiger partial charge in [-0.1, -0.05) is 13.8 Å². The molecule has 2 rings (SSSR count). The summed E-state index contributed by atoms with van der Waals surface area (Å²) in [4.78, 5) is 38.0. The van der Waals surface area contributed by atoms with Crippen LogP contribution in [0.1, 0.15) is 45.9 Å². The van der Waals surface area contributed by atoms with Crippen LogP contribution in [-0.2, 0) is 18.7 Å². The standard InChI is InChI=1S/C17H28N2O6Si/c1-10(2)16(4,5)24-12-6-13(25-17(12,8-20)9-23-26)19-7-11(3)14(21)18-15(19)22/h7-8,10,12-13H,6,9H2,1-5,26H3,(H,18,21,22)/t12-,13+,17+/m0/s1. The fourth-order valence-corrected chi connectivity index (χ4v) is 3.32. The van der Waals surface area contributed by atoms with Crippen molar-refractivity contribution in [2.45, 2.75) is 64.6 Å². The van der Waals surface area contributed by atoms with E-state index in [2.05, 4.69) is 4.98 Å². The third-order valence-electron chi connectivity index (χ3n) is 5.18. The van der Waals surface area contributed by atoms with Crippen molar-refractivity contribution in [2.75, 3.05) is 6.61 Å². The first-order valence-corrected chi connectivity index (χ1v) is 9.51. The van der Waals surface area contributed by atoms with E-state index in [1.54, 1.807) is 6.92 Å². The topological polar surface area (TPSA) is 99.6 Å². The van der Waals surface area contributed by atoms with Crippen LogP contribution < -0.4 is 11.2 Å². The van der Waals surface area contributed by atoms with Gasteiger partial charge in [0.1, 0.15) is 22.8 Å². The number of rotatable bonds is 7. The van der Waals surface area contributed by atoms with Gasteiger partial charge in [0.2, 0.25) is 0 Å². The molecule has 0 aromatic carbocycles. The lowest BCUT2D eigenvalue weighted by Gasteiger charge is -2.37. The highest BCUT2D eigenvalue weighted by atomic mass is 28.2. The molecule has 0 aliphatic carbocycles. The van der Waals surface area contributed by atoms with Crippen molar-refractivity contribution in [1.29, 1.82) is 0 Å². The number of aromatic nitrogens is 2. The Bertz CT molecular complexity index is 771. The van der Waals surface area contributed by atoms with Crippen molar-refractivity contribution in [1.82, 2.24) is 9.55 Å². The summed E-state index contributed by atoms with van der Waals surface area (Å²) < 4.78 is 18.9. The summed E-state index contributed by atoms with van der Waals surface area (Å²) in [6.07, 6.45) is 1.14. The number of nitrogens with one attached hydrogen (secondary N) is 1. The van der Waals surface area contributed by atoms with Gasteiger partial charge < -0.3 is 13.9 Å². The number of carbonyl (C=O) groups excluding carboxylic acids is 1. The quantitative estimate of drug-likeness (QED) is 0.517. The zero-order valence-corrected chi connectivity index (χ0v) is 18.2. The fourth-order valence-electron chi connectivity index (χ4n) is 2.87. The Morgan fingerprint density at radius 1 is 1.50 bits per heavy atom.